The third-order valence-corrected chi connectivity index (χ3v) is 8.70. The number of nitrogens with one attached hydrogen (secondary N) is 1. The van der Waals surface area contributed by atoms with Crippen LogP contribution in [0.5, 0.6) is 0 Å². The molecule has 212 valence electrons. The van der Waals surface area contributed by atoms with Crippen LogP contribution in [0.4, 0.5) is 11.4 Å². The van der Waals surface area contributed by atoms with Gasteiger partial charge in [0.1, 0.15) is 0 Å². The molecule has 4 aromatic carbocycles. The van der Waals surface area contributed by atoms with Gasteiger partial charge in [0, 0.05) is 23.1 Å². The number of nitrogens with zero attached hydrogens (tertiary/aromatic N) is 1. The van der Waals surface area contributed by atoms with Crippen molar-refractivity contribution in [3.8, 4) is 0 Å². The molecule has 4 aromatic rings. The van der Waals surface area contributed by atoms with E-state index in [-0.39, 0.29) is 35.0 Å². The SMILES string of the molecule is CC(=O)c1ccc(NC(=O)COC(=O)c2cccc(N3C(=O)[C@@H]4C5c6ccccc6C(c6ccccc65)[C@@H]4C3=O)c2)cc1. The number of anilines is 2. The van der Waals surface area contributed by atoms with Crippen molar-refractivity contribution < 1.29 is 28.7 Å². The van der Waals surface area contributed by atoms with Crippen LogP contribution in [-0.2, 0) is 19.1 Å². The number of ether oxygens (including phenoxy) is 1. The first-order valence-corrected chi connectivity index (χ1v) is 14.1. The van der Waals surface area contributed by atoms with Crippen molar-refractivity contribution in [3.63, 3.8) is 0 Å². The van der Waals surface area contributed by atoms with Gasteiger partial charge in [0.15, 0.2) is 12.4 Å². The average molecular weight is 571 g/mol. The van der Waals surface area contributed by atoms with E-state index in [0.717, 1.165) is 22.3 Å². The minimum absolute atomic E-state index is 0.0901. The smallest absolute Gasteiger partial charge is 0.338 e. The van der Waals surface area contributed by atoms with Crippen molar-refractivity contribution in [3.05, 3.63) is 130 Å². The standard InChI is InChI=1S/C35H26N2O6/c1-19(38)20-13-15-22(16-14-20)36-28(39)18-43-35(42)21-7-6-8-23(17-21)37-33(40)31-29-24-9-2-3-10-25(24)30(32(31)34(37)41)27-12-5-4-11-26(27)29/h2-17,29-32H,18H2,1H3,(H,36,39)/t29?,30?,31-,32+. The summed E-state index contributed by atoms with van der Waals surface area (Å²) in [6.07, 6.45) is 0. The Bertz CT molecular complexity index is 1730. The van der Waals surface area contributed by atoms with Crippen molar-refractivity contribution in [1.29, 1.82) is 0 Å². The summed E-state index contributed by atoms with van der Waals surface area (Å²) >= 11 is 0. The van der Waals surface area contributed by atoms with Crippen LogP contribution in [0.3, 0.4) is 0 Å². The van der Waals surface area contributed by atoms with E-state index in [0.29, 0.717) is 16.9 Å². The lowest BCUT2D eigenvalue weighted by Crippen LogP contribution is -2.41. The number of esters is 1. The second-order valence-electron chi connectivity index (χ2n) is 11.1. The zero-order valence-corrected chi connectivity index (χ0v) is 23.2. The Kier molecular flexibility index (Phi) is 6.27. The highest BCUT2D eigenvalue weighted by Crippen LogP contribution is 2.61. The van der Waals surface area contributed by atoms with Gasteiger partial charge in [-0.1, -0.05) is 54.6 Å². The first-order valence-electron chi connectivity index (χ1n) is 14.1. The van der Waals surface area contributed by atoms with Crippen LogP contribution in [0.15, 0.2) is 97.1 Å². The van der Waals surface area contributed by atoms with Gasteiger partial charge in [-0.15, -0.1) is 0 Å². The summed E-state index contributed by atoms with van der Waals surface area (Å²) in [5.41, 5.74) is 5.71. The van der Waals surface area contributed by atoms with Crippen LogP contribution in [-0.4, -0.2) is 36.1 Å². The molecule has 43 heavy (non-hydrogen) atoms. The van der Waals surface area contributed by atoms with Crippen LogP contribution in [0.25, 0.3) is 0 Å². The number of carbonyl (C=O) groups is 5. The Morgan fingerprint density at radius 3 is 1.74 bits per heavy atom. The Labute approximate surface area is 247 Å². The molecule has 3 aliphatic carbocycles. The van der Waals surface area contributed by atoms with Crippen molar-refractivity contribution >= 4 is 40.8 Å². The van der Waals surface area contributed by atoms with Gasteiger partial charge in [0.2, 0.25) is 11.8 Å². The van der Waals surface area contributed by atoms with E-state index in [2.05, 4.69) is 5.32 Å². The highest BCUT2D eigenvalue weighted by Gasteiger charge is 2.61. The molecule has 8 nitrogen and oxygen atoms in total. The number of amides is 3. The molecule has 1 fully saturated rings. The first kappa shape index (κ1) is 26.5. The maximum Gasteiger partial charge on any atom is 0.338 e. The van der Waals surface area contributed by atoms with Gasteiger partial charge in [-0.2, -0.15) is 0 Å². The number of ketones is 1. The number of carbonyl (C=O) groups excluding carboxylic acids is 5. The van der Waals surface area contributed by atoms with Gasteiger partial charge in [0.25, 0.3) is 5.91 Å². The van der Waals surface area contributed by atoms with Gasteiger partial charge in [-0.3, -0.25) is 19.2 Å². The molecule has 2 atom stereocenters. The molecule has 0 radical (unpaired) electrons. The van der Waals surface area contributed by atoms with Crippen molar-refractivity contribution in [2.24, 2.45) is 11.8 Å². The van der Waals surface area contributed by atoms with Gasteiger partial charge >= 0.3 is 5.97 Å². The topological polar surface area (TPSA) is 110 Å². The fraction of sp³-hybridized carbons (Fsp3) is 0.171. The molecule has 0 aromatic heterocycles. The zero-order chi connectivity index (χ0) is 29.8. The van der Waals surface area contributed by atoms with Crippen LogP contribution >= 0.6 is 0 Å². The van der Waals surface area contributed by atoms with E-state index < -0.39 is 30.3 Å². The summed E-state index contributed by atoms with van der Waals surface area (Å²) in [7, 11) is 0. The van der Waals surface area contributed by atoms with Crippen molar-refractivity contribution in [1.82, 2.24) is 0 Å². The monoisotopic (exact) mass is 570 g/mol. The molecule has 0 spiro atoms. The maximum atomic E-state index is 14.0. The quantitative estimate of drug-likeness (QED) is 0.197. The first-order chi connectivity index (χ1) is 20.8. The molecule has 2 bridgehead atoms. The summed E-state index contributed by atoms with van der Waals surface area (Å²) in [5, 5.41) is 2.62. The molecule has 1 saturated heterocycles. The van der Waals surface area contributed by atoms with Crippen LogP contribution in [0, 0.1) is 11.8 Å². The van der Waals surface area contributed by atoms with E-state index in [4.69, 9.17) is 4.74 Å². The normalized spacial score (nSPS) is 21.1. The maximum absolute atomic E-state index is 14.0. The molecule has 8 heteroatoms. The summed E-state index contributed by atoms with van der Waals surface area (Å²) in [6, 6.07) is 28.6. The lowest BCUT2D eigenvalue weighted by Gasteiger charge is -2.45. The predicted octanol–water partition coefficient (Wildman–Crippen LogP) is 5.08. The third-order valence-electron chi connectivity index (χ3n) is 8.70. The lowest BCUT2D eigenvalue weighted by atomic mass is 9.55. The summed E-state index contributed by atoms with van der Waals surface area (Å²) < 4.78 is 5.23. The molecule has 0 unspecified atom stereocenters. The molecule has 0 saturated carbocycles. The molecular weight excluding hydrogens is 544 g/mol. The molecule has 1 N–H and O–H groups in total. The van der Waals surface area contributed by atoms with Gasteiger partial charge < -0.3 is 10.1 Å². The average Bonchev–Trinajstić information content (AvgIpc) is 3.30. The lowest BCUT2D eigenvalue weighted by molar-refractivity contribution is -0.122. The number of benzene rings is 4. The molecule has 1 aliphatic heterocycles. The van der Waals surface area contributed by atoms with Crippen molar-refractivity contribution in [2.45, 2.75) is 18.8 Å². The second kappa shape index (κ2) is 10.2. The molecule has 3 amide bonds. The second-order valence-corrected chi connectivity index (χ2v) is 11.1. The van der Waals surface area contributed by atoms with Gasteiger partial charge in [-0.05, 0) is 71.6 Å². The predicted molar refractivity (Wildman–Crippen MR) is 158 cm³/mol. The van der Waals surface area contributed by atoms with Crippen LogP contribution in [0.2, 0.25) is 0 Å². The highest BCUT2D eigenvalue weighted by atomic mass is 16.5. The third kappa shape index (κ3) is 4.25. The molecular formula is C35H26N2O6. The Hall–Kier alpha value is -5.37. The van der Waals surface area contributed by atoms with Gasteiger partial charge in [-0.25, -0.2) is 9.69 Å². The number of imide groups is 1. The summed E-state index contributed by atoms with van der Waals surface area (Å²) in [5.74, 6) is -3.50. The van der Waals surface area contributed by atoms with Crippen LogP contribution in [0.1, 0.15) is 61.7 Å². The van der Waals surface area contributed by atoms with E-state index in [1.165, 1.54) is 24.0 Å². The zero-order valence-electron chi connectivity index (χ0n) is 23.2. The van der Waals surface area contributed by atoms with Gasteiger partial charge in [0.05, 0.1) is 23.1 Å². The fourth-order valence-electron chi connectivity index (χ4n) is 6.90. The number of rotatable bonds is 6. The highest BCUT2D eigenvalue weighted by molar-refractivity contribution is 6.23. The number of hydrogen-bond donors (Lipinski definition) is 1. The van der Waals surface area contributed by atoms with Crippen LogP contribution < -0.4 is 10.2 Å². The number of hydrogen-bond acceptors (Lipinski definition) is 6. The molecule has 4 aliphatic rings. The van der Waals surface area contributed by atoms with E-state index in [1.807, 2.05) is 48.5 Å². The molecule has 8 rings (SSSR count). The summed E-state index contributed by atoms with van der Waals surface area (Å²) in [4.78, 5) is 65.9. The number of Topliss-reactive ketones (excluding diaryl/α,β-unsaturated/α-hetero) is 1. The van der Waals surface area contributed by atoms with E-state index in [1.54, 1.807) is 36.4 Å². The fourth-order valence-corrected chi connectivity index (χ4v) is 6.90. The summed E-state index contributed by atoms with van der Waals surface area (Å²) in [6.45, 7) is 0.912. The largest absolute Gasteiger partial charge is 0.452 e. The minimum Gasteiger partial charge on any atom is -0.452 e. The molecule has 1 heterocycles. The Morgan fingerprint density at radius 2 is 1.23 bits per heavy atom. The Morgan fingerprint density at radius 1 is 0.698 bits per heavy atom. The van der Waals surface area contributed by atoms with E-state index >= 15 is 0 Å². The van der Waals surface area contributed by atoms with Crippen molar-refractivity contribution in [2.75, 3.05) is 16.8 Å². The minimum atomic E-state index is -0.764. The Balaban J connectivity index is 1.10. The van der Waals surface area contributed by atoms with E-state index in [9.17, 15) is 24.0 Å².